The topological polar surface area (TPSA) is 80.8 Å². The predicted molar refractivity (Wildman–Crippen MR) is 82.9 cm³/mol. The Morgan fingerprint density at radius 3 is 2.73 bits per heavy atom. The van der Waals surface area contributed by atoms with Crippen LogP contribution in [-0.2, 0) is 18.6 Å². The average Bonchev–Trinajstić information content (AvgIpc) is 2.76. The van der Waals surface area contributed by atoms with Crippen molar-refractivity contribution in [3.05, 3.63) is 28.8 Å². The van der Waals surface area contributed by atoms with Gasteiger partial charge in [-0.05, 0) is 18.2 Å². The van der Waals surface area contributed by atoms with Crippen molar-refractivity contribution < 1.29 is 22.7 Å². The molecule has 1 amide bonds. The van der Waals surface area contributed by atoms with Gasteiger partial charge in [-0.1, -0.05) is 11.6 Å². The number of hydrogen-bond donors (Lipinski definition) is 0. The van der Waals surface area contributed by atoms with Crippen LogP contribution in [0.3, 0.4) is 0 Å². The Kier molecular flexibility index (Phi) is 4.99. The lowest BCUT2D eigenvalue weighted by molar-refractivity contribution is -0.117. The Labute approximate surface area is 137 Å². The molecule has 2 rings (SSSR count). The van der Waals surface area contributed by atoms with Gasteiger partial charge in [0.15, 0.2) is 0 Å². The van der Waals surface area contributed by atoms with Crippen molar-refractivity contribution in [3.8, 4) is 0 Å². The molecule has 1 atom stereocenters. The number of nitrogens with zero attached hydrogens (tertiary/aromatic N) is 1. The number of rotatable bonds is 4. The van der Waals surface area contributed by atoms with Gasteiger partial charge in [-0.2, -0.15) is 0 Å². The van der Waals surface area contributed by atoms with Crippen LogP contribution in [0.25, 0.3) is 0 Å². The molecule has 1 fully saturated rings. The Bertz CT molecular complexity index is 719. The van der Waals surface area contributed by atoms with Crippen molar-refractivity contribution in [2.45, 2.75) is 6.42 Å². The van der Waals surface area contributed by atoms with E-state index in [1.807, 2.05) is 0 Å². The van der Waals surface area contributed by atoms with Crippen LogP contribution in [0.1, 0.15) is 16.8 Å². The number of esters is 1. The molecule has 0 bridgehead atoms. The second-order valence-corrected chi connectivity index (χ2v) is 8.19. The highest BCUT2D eigenvalue weighted by molar-refractivity contribution is 8.13. The number of carbonyl (C=O) groups is 2. The quantitative estimate of drug-likeness (QED) is 0.602. The number of ether oxygens (including phenoxy) is 1. The number of carbonyl (C=O) groups excluding carboxylic acids is 2. The van der Waals surface area contributed by atoms with Crippen LogP contribution in [0, 0.1) is 5.92 Å². The summed E-state index contributed by atoms with van der Waals surface area (Å²) in [4.78, 5) is 25.3. The second kappa shape index (κ2) is 6.44. The van der Waals surface area contributed by atoms with Crippen LogP contribution in [0.2, 0.25) is 5.02 Å². The van der Waals surface area contributed by atoms with Crippen molar-refractivity contribution in [1.82, 2.24) is 0 Å². The molecule has 1 aliphatic heterocycles. The summed E-state index contributed by atoms with van der Waals surface area (Å²) >= 11 is 5.93. The van der Waals surface area contributed by atoms with Gasteiger partial charge in [0, 0.05) is 34.6 Å². The fraction of sp³-hybridized carbons (Fsp3) is 0.385. The number of anilines is 1. The molecular weight excluding hydrogens is 353 g/mol. The third kappa shape index (κ3) is 3.91. The number of hydrogen-bond acceptors (Lipinski definition) is 5. The first kappa shape index (κ1) is 17.1. The van der Waals surface area contributed by atoms with Crippen LogP contribution in [0.15, 0.2) is 18.2 Å². The zero-order valence-corrected chi connectivity index (χ0v) is 13.9. The van der Waals surface area contributed by atoms with Gasteiger partial charge >= 0.3 is 5.97 Å². The minimum absolute atomic E-state index is 0.0407. The molecule has 0 saturated carbocycles. The van der Waals surface area contributed by atoms with Gasteiger partial charge in [0.25, 0.3) is 0 Å². The molecule has 120 valence electrons. The molecular formula is C13H13Cl2NO5S. The maximum atomic E-state index is 12.1. The number of amides is 1. The highest BCUT2D eigenvalue weighted by Crippen LogP contribution is 2.31. The first-order valence-electron chi connectivity index (χ1n) is 6.32. The van der Waals surface area contributed by atoms with E-state index >= 15 is 0 Å². The molecule has 1 unspecified atom stereocenters. The molecule has 22 heavy (non-hydrogen) atoms. The summed E-state index contributed by atoms with van der Waals surface area (Å²) in [5.41, 5.74) is 0.494. The third-order valence-electron chi connectivity index (χ3n) is 3.30. The summed E-state index contributed by atoms with van der Waals surface area (Å²) in [6.07, 6.45) is 0.0407. The van der Waals surface area contributed by atoms with Gasteiger partial charge in [-0.25, -0.2) is 13.2 Å². The molecule has 0 N–H and O–H groups in total. The fourth-order valence-electron chi connectivity index (χ4n) is 2.42. The lowest BCUT2D eigenvalue weighted by Gasteiger charge is -2.19. The van der Waals surface area contributed by atoms with Crippen molar-refractivity contribution in [2.24, 2.45) is 5.92 Å². The minimum Gasteiger partial charge on any atom is -0.465 e. The molecule has 0 aliphatic carbocycles. The van der Waals surface area contributed by atoms with E-state index in [9.17, 15) is 18.0 Å². The van der Waals surface area contributed by atoms with Gasteiger partial charge in [-0.15, -0.1) is 0 Å². The standard InChI is InChI=1S/C13H13Cl2NO5S/c1-21-13(18)10-3-2-9(14)5-11(10)16-6-8(4-12(16)17)7-22(15,19)20/h2-3,5,8H,4,6-7H2,1H3. The third-order valence-corrected chi connectivity index (χ3v) is 4.78. The monoisotopic (exact) mass is 365 g/mol. The average molecular weight is 366 g/mol. The van der Waals surface area contributed by atoms with E-state index in [1.165, 1.54) is 30.2 Å². The molecule has 6 nitrogen and oxygen atoms in total. The van der Waals surface area contributed by atoms with Crippen molar-refractivity contribution in [3.63, 3.8) is 0 Å². The highest BCUT2D eigenvalue weighted by Gasteiger charge is 2.35. The normalized spacial score (nSPS) is 18.6. The van der Waals surface area contributed by atoms with Crippen molar-refractivity contribution >= 4 is 48.9 Å². The lowest BCUT2D eigenvalue weighted by atomic mass is 10.1. The molecule has 0 aromatic heterocycles. The van der Waals surface area contributed by atoms with E-state index in [-0.39, 0.29) is 30.2 Å². The molecule has 9 heteroatoms. The summed E-state index contributed by atoms with van der Waals surface area (Å²) in [7, 11) is 2.76. The molecule has 1 aromatic rings. The van der Waals surface area contributed by atoms with E-state index in [0.717, 1.165) is 0 Å². The Balaban J connectivity index is 2.34. The minimum atomic E-state index is -3.70. The van der Waals surface area contributed by atoms with Crippen LogP contribution in [-0.4, -0.2) is 39.7 Å². The molecule has 1 aliphatic rings. The summed E-state index contributed by atoms with van der Waals surface area (Å²) in [5, 5.41) is 0.351. The van der Waals surface area contributed by atoms with Gasteiger partial charge in [-0.3, -0.25) is 4.79 Å². The van der Waals surface area contributed by atoms with Crippen LogP contribution in [0.4, 0.5) is 5.69 Å². The molecule has 1 heterocycles. The predicted octanol–water partition coefficient (Wildman–Crippen LogP) is 2.05. The van der Waals surface area contributed by atoms with E-state index in [0.29, 0.717) is 10.7 Å². The Hall–Kier alpha value is -1.31. The largest absolute Gasteiger partial charge is 0.465 e. The maximum Gasteiger partial charge on any atom is 0.339 e. The lowest BCUT2D eigenvalue weighted by Crippen LogP contribution is -2.27. The van der Waals surface area contributed by atoms with Crippen LogP contribution < -0.4 is 4.90 Å². The number of methoxy groups -OCH3 is 1. The van der Waals surface area contributed by atoms with Crippen LogP contribution in [0.5, 0.6) is 0 Å². The second-order valence-electron chi connectivity index (χ2n) is 4.93. The molecule has 0 spiro atoms. The SMILES string of the molecule is COC(=O)c1ccc(Cl)cc1N1CC(CS(=O)(=O)Cl)CC1=O. The maximum absolute atomic E-state index is 12.1. The summed E-state index contributed by atoms with van der Waals surface area (Å²) in [6, 6.07) is 4.45. The first-order chi connectivity index (χ1) is 10.2. The summed E-state index contributed by atoms with van der Waals surface area (Å²) in [6.45, 7) is 0.148. The van der Waals surface area contributed by atoms with Crippen molar-refractivity contribution in [2.75, 3.05) is 24.3 Å². The van der Waals surface area contributed by atoms with Gasteiger partial charge in [0.1, 0.15) is 0 Å². The zero-order chi connectivity index (χ0) is 16.5. The summed E-state index contributed by atoms with van der Waals surface area (Å²) < 4.78 is 27.0. The molecule has 0 radical (unpaired) electrons. The van der Waals surface area contributed by atoms with E-state index < -0.39 is 20.9 Å². The molecule has 1 aromatic carbocycles. The fourth-order valence-corrected chi connectivity index (χ4v) is 3.91. The summed E-state index contributed by atoms with van der Waals surface area (Å²) in [5.74, 6) is -1.63. The first-order valence-corrected chi connectivity index (χ1v) is 9.17. The smallest absolute Gasteiger partial charge is 0.339 e. The van der Waals surface area contributed by atoms with E-state index in [4.69, 9.17) is 22.3 Å². The van der Waals surface area contributed by atoms with Gasteiger partial charge in [0.2, 0.25) is 15.0 Å². The van der Waals surface area contributed by atoms with Crippen LogP contribution >= 0.6 is 22.3 Å². The van der Waals surface area contributed by atoms with Crippen molar-refractivity contribution in [1.29, 1.82) is 0 Å². The zero-order valence-electron chi connectivity index (χ0n) is 11.6. The van der Waals surface area contributed by atoms with E-state index in [1.54, 1.807) is 0 Å². The molecule has 1 saturated heterocycles. The highest BCUT2D eigenvalue weighted by atomic mass is 35.7. The van der Waals surface area contributed by atoms with Gasteiger partial charge in [0.05, 0.1) is 24.1 Å². The van der Waals surface area contributed by atoms with Gasteiger partial charge < -0.3 is 9.64 Å². The van der Waals surface area contributed by atoms with E-state index in [2.05, 4.69) is 4.74 Å². The number of benzene rings is 1. The Morgan fingerprint density at radius 1 is 1.45 bits per heavy atom. The number of halogens is 2. The Morgan fingerprint density at radius 2 is 2.14 bits per heavy atom.